The van der Waals surface area contributed by atoms with E-state index in [1.165, 1.54) is 0 Å². The lowest BCUT2D eigenvalue weighted by Crippen LogP contribution is -2.39. The van der Waals surface area contributed by atoms with Gasteiger partial charge < -0.3 is 14.1 Å². The normalized spacial score (nSPS) is 21.2. The zero-order chi connectivity index (χ0) is 17.1. The second kappa shape index (κ2) is 7.21. The van der Waals surface area contributed by atoms with Gasteiger partial charge >= 0.3 is 0 Å². The van der Waals surface area contributed by atoms with Gasteiger partial charge in [-0.15, -0.1) is 0 Å². The van der Waals surface area contributed by atoms with E-state index >= 15 is 0 Å². The molecule has 0 bridgehead atoms. The number of carbonyl (C=O) groups excluding carboxylic acids is 1. The molecule has 3 heterocycles. The Hall–Kier alpha value is -2.08. The molecule has 1 amide bonds. The summed E-state index contributed by atoms with van der Waals surface area (Å²) >= 11 is 0. The number of aromatic nitrogens is 2. The summed E-state index contributed by atoms with van der Waals surface area (Å²) in [5.74, 6) is -0.0674. The molecule has 0 saturated carbocycles. The summed E-state index contributed by atoms with van der Waals surface area (Å²) in [5, 5.41) is 4.39. The molecule has 0 N–H and O–H groups in total. The van der Waals surface area contributed by atoms with Gasteiger partial charge in [0, 0.05) is 38.0 Å². The third kappa shape index (κ3) is 3.38. The van der Waals surface area contributed by atoms with Crippen LogP contribution in [0.3, 0.4) is 0 Å². The first-order valence-corrected chi connectivity index (χ1v) is 8.49. The maximum Gasteiger partial charge on any atom is 0.228 e. The van der Waals surface area contributed by atoms with E-state index in [0.717, 1.165) is 24.1 Å². The molecular weight excluding hydrogens is 306 g/mol. The van der Waals surface area contributed by atoms with Crippen molar-refractivity contribution in [1.82, 2.24) is 14.7 Å². The molecule has 6 nitrogen and oxygen atoms in total. The number of ether oxygens (including phenoxy) is 1. The monoisotopic (exact) mass is 331 g/mol. The predicted molar refractivity (Wildman–Crippen MR) is 89.2 cm³/mol. The molecule has 3 rings (SSSR count). The molecule has 1 fully saturated rings. The van der Waals surface area contributed by atoms with Crippen LogP contribution >= 0.6 is 0 Å². The molecule has 0 radical (unpaired) electrons. The molecule has 24 heavy (non-hydrogen) atoms. The van der Waals surface area contributed by atoms with Crippen molar-refractivity contribution >= 4 is 5.91 Å². The van der Waals surface area contributed by atoms with Gasteiger partial charge in [-0.05, 0) is 38.8 Å². The number of nitrogens with zero attached hydrogens (tertiary/aromatic N) is 3. The van der Waals surface area contributed by atoms with E-state index in [1.54, 1.807) is 23.6 Å². The van der Waals surface area contributed by atoms with Gasteiger partial charge in [0.05, 0.1) is 24.1 Å². The van der Waals surface area contributed by atoms with Crippen LogP contribution in [0, 0.1) is 5.92 Å². The van der Waals surface area contributed by atoms with Crippen molar-refractivity contribution in [3.63, 3.8) is 0 Å². The van der Waals surface area contributed by atoms with E-state index in [2.05, 4.69) is 18.9 Å². The third-order valence-corrected chi connectivity index (χ3v) is 4.50. The van der Waals surface area contributed by atoms with Gasteiger partial charge in [0.1, 0.15) is 6.10 Å². The molecule has 0 aromatic carbocycles. The maximum absolute atomic E-state index is 13.0. The van der Waals surface area contributed by atoms with Crippen molar-refractivity contribution in [2.75, 3.05) is 13.7 Å². The summed E-state index contributed by atoms with van der Waals surface area (Å²) in [6, 6.07) is 4.08. The summed E-state index contributed by atoms with van der Waals surface area (Å²) in [6.07, 6.45) is 6.59. The molecule has 2 atom stereocenters. The van der Waals surface area contributed by atoms with Gasteiger partial charge in [0.15, 0.2) is 0 Å². The van der Waals surface area contributed by atoms with E-state index in [9.17, 15) is 4.79 Å². The van der Waals surface area contributed by atoms with E-state index in [1.807, 2.05) is 23.9 Å². The van der Waals surface area contributed by atoms with Gasteiger partial charge in [-0.1, -0.05) is 0 Å². The van der Waals surface area contributed by atoms with Crippen LogP contribution in [-0.2, 0) is 16.1 Å². The first kappa shape index (κ1) is 16.8. The Morgan fingerprint density at radius 1 is 1.46 bits per heavy atom. The Morgan fingerprint density at radius 2 is 2.29 bits per heavy atom. The van der Waals surface area contributed by atoms with Crippen LogP contribution in [0.15, 0.2) is 35.3 Å². The lowest BCUT2D eigenvalue weighted by atomic mass is 9.90. The third-order valence-electron chi connectivity index (χ3n) is 4.50. The van der Waals surface area contributed by atoms with Crippen LogP contribution in [0.1, 0.15) is 50.1 Å². The SMILES string of the molecule is CC(C)n1nccc1[C@@H]1OCCC[C@H]1C(=O)N(C)Cc1ccoc1. The number of furan rings is 1. The molecule has 2 aromatic heterocycles. The van der Waals surface area contributed by atoms with E-state index in [4.69, 9.17) is 9.15 Å². The van der Waals surface area contributed by atoms with Crippen molar-refractivity contribution < 1.29 is 13.9 Å². The molecular formula is C18H25N3O3. The molecule has 6 heteroatoms. The van der Waals surface area contributed by atoms with Crippen LogP contribution in [0.2, 0.25) is 0 Å². The topological polar surface area (TPSA) is 60.5 Å². The number of hydrogen-bond acceptors (Lipinski definition) is 4. The fourth-order valence-corrected chi connectivity index (χ4v) is 3.32. The van der Waals surface area contributed by atoms with Crippen LogP contribution in [0.25, 0.3) is 0 Å². The number of amides is 1. The first-order valence-electron chi connectivity index (χ1n) is 8.49. The summed E-state index contributed by atoms with van der Waals surface area (Å²) in [6.45, 7) is 5.40. The minimum atomic E-state index is -0.233. The number of carbonyl (C=O) groups is 1. The average Bonchev–Trinajstić information content (AvgIpc) is 3.25. The zero-order valence-electron chi connectivity index (χ0n) is 14.5. The van der Waals surface area contributed by atoms with Crippen molar-refractivity contribution in [2.45, 2.75) is 45.4 Å². The summed E-state index contributed by atoms with van der Waals surface area (Å²) in [4.78, 5) is 14.8. The number of hydrogen-bond donors (Lipinski definition) is 0. The predicted octanol–water partition coefficient (Wildman–Crippen LogP) is 3.18. The zero-order valence-corrected chi connectivity index (χ0v) is 14.5. The van der Waals surface area contributed by atoms with Crippen molar-refractivity contribution in [3.05, 3.63) is 42.1 Å². The molecule has 1 saturated heterocycles. The Morgan fingerprint density at radius 3 is 3.00 bits per heavy atom. The van der Waals surface area contributed by atoms with Gasteiger partial charge in [-0.2, -0.15) is 5.10 Å². The standard InChI is InChI=1S/C18H25N3O3/c1-13(2)21-16(6-8-19-21)17-15(5-4-9-24-17)18(22)20(3)11-14-7-10-23-12-14/h6-8,10,12-13,15,17H,4-5,9,11H2,1-3H3/t15-,17-/m1/s1. The Labute approximate surface area is 142 Å². The summed E-state index contributed by atoms with van der Waals surface area (Å²) in [5.41, 5.74) is 1.98. The first-order chi connectivity index (χ1) is 11.6. The highest BCUT2D eigenvalue weighted by atomic mass is 16.5. The molecule has 0 spiro atoms. The Kier molecular flexibility index (Phi) is 5.04. The van der Waals surface area contributed by atoms with Gasteiger partial charge in [0.2, 0.25) is 5.91 Å². The molecule has 2 aromatic rings. The minimum absolute atomic E-state index is 0.109. The highest BCUT2D eigenvalue weighted by molar-refractivity contribution is 5.79. The van der Waals surface area contributed by atoms with Crippen LogP contribution in [0.5, 0.6) is 0 Å². The lowest BCUT2D eigenvalue weighted by Gasteiger charge is -2.34. The average molecular weight is 331 g/mol. The van der Waals surface area contributed by atoms with Crippen molar-refractivity contribution in [2.24, 2.45) is 5.92 Å². The smallest absolute Gasteiger partial charge is 0.228 e. The highest BCUT2D eigenvalue weighted by Crippen LogP contribution is 2.35. The molecule has 130 valence electrons. The van der Waals surface area contributed by atoms with Crippen molar-refractivity contribution in [1.29, 1.82) is 0 Å². The fourth-order valence-electron chi connectivity index (χ4n) is 3.32. The maximum atomic E-state index is 13.0. The second-order valence-corrected chi connectivity index (χ2v) is 6.66. The fraction of sp³-hybridized carbons (Fsp3) is 0.556. The van der Waals surface area contributed by atoms with Crippen molar-refractivity contribution in [3.8, 4) is 0 Å². The highest BCUT2D eigenvalue weighted by Gasteiger charge is 2.36. The second-order valence-electron chi connectivity index (χ2n) is 6.66. The molecule has 1 aliphatic heterocycles. The van der Waals surface area contributed by atoms with Crippen LogP contribution < -0.4 is 0 Å². The largest absolute Gasteiger partial charge is 0.472 e. The van der Waals surface area contributed by atoms with Gasteiger partial charge in [-0.3, -0.25) is 9.48 Å². The lowest BCUT2D eigenvalue weighted by molar-refractivity contribution is -0.145. The van der Waals surface area contributed by atoms with Gasteiger partial charge in [-0.25, -0.2) is 0 Å². The minimum Gasteiger partial charge on any atom is -0.472 e. The number of rotatable bonds is 5. The van der Waals surface area contributed by atoms with Crippen LogP contribution in [-0.4, -0.2) is 34.2 Å². The molecule has 0 aliphatic carbocycles. The van der Waals surface area contributed by atoms with E-state index < -0.39 is 0 Å². The molecule has 0 unspecified atom stereocenters. The summed E-state index contributed by atoms with van der Waals surface area (Å²) < 4.78 is 13.0. The molecule has 1 aliphatic rings. The van der Waals surface area contributed by atoms with Crippen LogP contribution in [0.4, 0.5) is 0 Å². The van der Waals surface area contributed by atoms with E-state index in [-0.39, 0.29) is 24.0 Å². The quantitative estimate of drug-likeness (QED) is 0.844. The van der Waals surface area contributed by atoms with Gasteiger partial charge in [0.25, 0.3) is 0 Å². The van der Waals surface area contributed by atoms with E-state index in [0.29, 0.717) is 13.2 Å². The Bertz CT molecular complexity index is 663. The Balaban J connectivity index is 1.78. The summed E-state index contributed by atoms with van der Waals surface area (Å²) in [7, 11) is 1.83.